The number of alkyl carbamates (subject to hydrolysis) is 1. The summed E-state index contributed by atoms with van der Waals surface area (Å²) < 4.78 is 4.90. The van der Waals surface area contributed by atoms with E-state index in [9.17, 15) is 14.4 Å². The maximum atomic E-state index is 13.9. The zero-order chi connectivity index (χ0) is 34.7. The SMILES string of the molecule is C#Cc1ccc(C(=N)c2cc(N3CC[C@]4(CCN(CC(=O)N5CC=C(c6ccc(C(=N)OC(=O)NC)cc6)CC5)C4)C3=O)ccc2N)cc1. The second-order valence-corrected chi connectivity index (χ2v) is 12.7. The van der Waals surface area contributed by atoms with Crippen molar-refractivity contribution in [2.24, 2.45) is 5.41 Å². The molecule has 1 spiro atoms. The number of nitrogens with zero attached hydrogens (tertiary/aromatic N) is 3. The number of benzene rings is 3. The fourth-order valence-electron chi connectivity index (χ4n) is 6.84. The Hall–Kier alpha value is -5.73. The average Bonchev–Trinajstić information content (AvgIpc) is 3.69. The number of carbonyl (C=O) groups is 3. The van der Waals surface area contributed by atoms with E-state index < -0.39 is 11.5 Å². The van der Waals surface area contributed by atoms with E-state index in [0.29, 0.717) is 80.1 Å². The quantitative estimate of drug-likeness (QED) is 0.130. The van der Waals surface area contributed by atoms with Gasteiger partial charge in [-0.1, -0.05) is 36.3 Å². The number of amides is 3. The lowest BCUT2D eigenvalue weighted by molar-refractivity contribution is -0.132. The maximum Gasteiger partial charge on any atom is 0.413 e. The second kappa shape index (κ2) is 13.8. The highest BCUT2D eigenvalue weighted by Gasteiger charge is 2.51. The van der Waals surface area contributed by atoms with Crippen LogP contribution in [0.4, 0.5) is 16.2 Å². The molecular weight excluding hydrogens is 618 g/mol. The molecule has 0 aliphatic carbocycles. The summed E-state index contributed by atoms with van der Waals surface area (Å²) in [7, 11) is 1.44. The highest BCUT2D eigenvalue weighted by Crippen LogP contribution is 2.43. The Balaban J connectivity index is 1.04. The molecule has 2 fully saturated rings. The maximum absolute atomic E-state index is 13.9. The number of nitrogens with two attached hydrogens (primary N) is 1. The van der Waals surface area contributed by atoms with Crippen molar-refractivity contribution in [1.29, 1.82) is 10.8 Å². The van der Waals surface area contributed by atoms with Crippen molar-refractivity contribution in [2.75, 3.05) is 56.9 Å². The van der Waals surface area contributed by atoms with Gasteiger partial charge in [-0.15, -0.1) is 6.42 Å². The van der Waals surface area contributed by atoms with Crippen molar-refractivity contribution in [3.63, 3.8) is 0 Å². The van der Waals surface area contributed by atoms with Crippen LogP contribution in [0.5, 0.6) is 0 Å². The Morgan fingerprint density at radius 3 is 2.39 bits per heavy atom. The van der Waals surface area contributed by atoms with E-state index >= 15 is 0 Å². The van der Waals surface area contributed by atoms with Crippen LogP contribution in [0.2, 0.25) is 0 Å². The lowest BCUT2D eigenvalue weighted by Crippen LogP contribution is -2.43. The molecule has 2 saturated heterocycles. The number of terminal acetylenes is 1. The number of anilines is 2. The lowest BCUT2D eigenvalue weighted by atomic mass is 9.85. The number of carbonyl (C=O) groups excluding carboxylic acids is 3. The van der Waals surface area contributed by atoms with Gasteiger partial charge in [0.15, 0.2) is 0 Å². The molecule has 3 heterocycles. The molecule has 5 N–H and O–H groups in total. The van der Waals surface area contributed by atoms with Crippen LogP contribution in [0.3, 0.4) is 0 Å². The number of hydrogen-bond donors (Lipinski definition) is 4. The molecule has 0 unspecified atom stereocenters. The largest absolute Gasteiger partial charge is 0.413 e. The summed E-state index contributed by atoms with van der Waals surface area (Å²) in [6.45, 7) is 3.14. The van der Waals surface area contributed by atoms with E-state index in [4.69, 9.17) is 27.7 Å². The van der Waals surface area contributed by atoms with E-state index in [0.717, 1.165) is 16.7 Å². The molecule has 6 rings (SSSR count). The van der Waals surface area contributed by atoms with Crippen LogP contribution in [0.25, 0.3) is 5.57 Å². The first kappa shape index (κ1) is 33.2. The van der Waals surface area contributed by atoms with Crippen molar-refractivity contribution in [1.82, 2.24) is 15.1 Å². The highest BCUT2D eigenvalue weighted by atomic mass is 16.6. The normalized spacial score (nSPS) is 19.0. The van der Waals surface area contributed by atoms with Crippen molar-refractivity contribution >= 4 is 46.5 Å². The number of hydrogen-bond acceptors (Lipinski definition) is 8. The van der Waals surface area contributed by atoms with Gasteiger partial charge in [-0.2, -0.15) is 0 Å². The number of nitrogens with one attached hydrogen (secondary N) is 3. The van der Waals surface area contributed by atoms with Gasteiger partial charge in [0, 0.05) is 66.9 Å². The average molecular weight is 658 g/mol. The topological polar surface area (TPSA) is 156 Å². The van der Waals surface area contributed by atoms with Gasteiger partial charge in [0.2, 0.25) is 17.7 Å². The van der Waals surface area contributed by atoms with Crippen LogP contribution in [0.15, 0.2) is 72.8 Å². The van der Waals surface area contributed by atoms with Gasteiger partial charge < -0.3 is 25.6 Å². The van der Waals surface area contributed by atoms with Crippen LogP contribution in [-0.4, -0.2) is 85.6 Å². The van der Waals surface area contributed by atoms with Gasteiger partial charge in [0.1, 0.15) is 0 Å². The fraction of sp³-hybridized carbons (Fsp3) is 0.289. The minimum absolute atomic E-state index is 0.0433. The number of rotatable bonds is 7. The predicted octanol–water partition coefficient (Wildman–Crippen LogP) is 4.09. The summed E-state index contributed by atoms with van der Waals surface area (Å²) in [5, 5.41) is 19.1. The van der Waals surface area contributed by atoms with Gasteiger partial charge in [-0.25, -0.2) is 4.79 Å². The van der Waals surface area contributed by atoms with Crippen molar-refractivity contribution in [3.05, 3.63) is 101 Å². The monoisotopic (exact) mass is 657 g/mol. The minimum Gasteiger partial charge on any atom is -0.398 e. The molecule has 3 aromatic carbocycles. The summed E-state index contributed by atoms with van der Waals surface area (Å²) in [4.78, 5) is 44.4. The van der Waals surface area contributed by atoms with E-state index in [-0.39, 0.29) is 30.0 Å². The Labute approximate surface area is 285 Å². The summed E-state index contributed by atoms with van der Waals surface area (Å²) in [6, 6.07) is 19.8. The van der Waals surface area contributed by atoms with Crippen molar-refractivity contribution < 1.29 is 19.1 Å². The first-order valence-electron chi connectivity index (χ1n) is 16.3. The van der Waals surface area contributed by atoms with Crippen LogP contribution < -0.4 is 16.0 Å². The molecule has 250 valence electrons. The molecule has 0 bridgehead atoms. The summed E-state index contributed by atoms with van der Waals surface area (Å²) in [5.41, 5.74) is 11.8. The van der Waals surface area contributed by atoms with Crippen LogP contribution in [-0.2, 0) is 14.3 Å². The number of ether oxygens (including phenoxy) is 1. The van der Waals surface area contributed by atoms with E-state index in [1.165, 1.54) is 7.05 Å². The van der Waals surface area contributed by atoms with Crippen LogP contribution >= 0.6 is 0 Å². The summed E-state index contributed by atoms with van der Waals surface area (Å²) in [6.07, 6.45) is 8.94. The number of nitrogen functional groups attached to an aromatic ring is 1. The highest BCUT2D eigenvalue weighted by molar-refractivity contribution is 6.15. The van der Waals surface area contributed by atoms with Crippen LogP contribution in [0, 0.1) is 28.6 Å². The first-order valence-corrected chi connectivity index (χ1v) is 16.3. The zero-order valence-electron chi connectivity index (χ0n) is 27.4. The molecule has 3 amide bonds. The Morgan fingerprint density at radius 1 is 1.00 bits per heavy atom. The smallest absolute Gasteiger partial charge is 0.398 e. The standard InChI is InChI=1S/C38H39N7O4/c1-3-25-4-6-28(7-5-25)34(40)31-22-30(12-13-32(31)39)45-21-17-38(36(45)47)16-20-43(24-38)23-33(46)44-18-14-27(15-19-44)26-8-10-29(11-9-26)35(41)49-37(48)42-2/h1,4-14,22,40-41H,15-21,23-24,39H2,2H3,(H,42,48)/t38-/m0/s1. The molecule has 1 atom stereocenters. The lowest BCUT2D eigenvalue weighted by Gasteiger charge is -2.29. The van der Waals surface area contributed by atoms with Crippen molar-refractivity contribution in [2.45, 2.75) is 19.3 Å². The molecular formula is C38H39N7O4. The Morgan fingerprint density at radius 2 is 1.71 bits per heavy atom. The molecule has 49 heavy (non-hydrogen) atoms. The van der Waals surface area contributed by atoms with Crippen LogP contribution in [0.1, 0.15) is 47.1 Å². The Bertz CT molecular complexity index is 1890. The molecule has 0 saturated carbocycles. The van der Waals surface area contributed by atoms with Gasteiger partial charge in [-0.3, -0.25) is 25.3 Å². The van der Waals surface area contributed by atoms with Gasteiger partial charge in [0.25, 0.3) is 0 Å². The first-order chi connectivity index (χ1) is 23.6. The molecule has 3 aliphatic heterocycles. The number of likely N-dealkylation sites (tertiary alicyclic amines) is 1. The van der Waals surface area contributed by atoms with Gasteiger partial charge >= 0.3 is 6.09 Å². The van der Waals surface area contributed by atoms with Gasteiger partial charge in [0.05, 0.1) is 17.7 Å². The van der Waals surface area contributed by atoms with E-state index in [1.807, 2.05) is 29.2 Å². The van der Waals surface area contributed by atoms with Gasteiger partial charge in [-0.05, 0) is 79.4 Å². The summed E-state index contributed by atoms with van der Waals surface area (Å²) >= 11 is 0. The predicted molar refractivity (Wildman–Crippen MR) is 190 cm³/mol. The molecule has 0 aromatic heterocycles. The van der Waals surface area contributed by atoms with Crippen molar-refractivity contribution in [3.8, 4) is 12.3 Å². The summed E-state index contributed by atoms with van der Waals surface area (Å²) in [5.74, 6) is 2.45. The molecule has 0 radical (unpaired) electrons. The third-order valence-corrected chi connectivity index (χ3v) is 9.74. The Kier molecular flexibility index (Phi) is 9.33. The molecule has 3 aromatic rings. The third kappa shape index (κ3) is 6.82. The van der Waals surface area contributed by atoms with E-state index in [2.05, 4.69) is 22.2 Å². The second-order valence-electron chi connectivity index (χ2n) is 12.7. The molecule has 3 aliphatic rings. The molecule has 11 heteroatoms. The van der Waals surface area contributed by atoms with E-state index in [1.54, 1.807) is 47.4 Å². The molecule has 11 nitrogen and oxygen atoms in total. The third-order valence-electron chi connectivity index (χ3n) is 9.74. The zero-order valence-corrected chi connectivity index (χ0v) is 27.4. The fourth-order valence-corrected chi connectivity index (χ4v) is 6.84. The minimum atomic E-state index is -0.690.